The standard InChI is InChI=1S/C11H14N2O2S/c1-9(6-12)16(14,15)8-11-4-2-10(7-13)3-5-11/h2-5,9H,6,8,12H2,1H3. The van der Waals surface area contributed by atoms with Gasteiger partial charge in [0.25, 0.3) is 0 Å². The minimum Gasteiger partial charge on any atom is -0.329 e. The highest BCUT2D eigenvalue weighted by atomic mass is 32.2. The molecule has 0 spiro atoms. The fraction of sp³-hybridized carbons (Fsp3) is 0.364. The average molecular weight is 238 g/mol. The van der Waals surface area contributed by atoms with E-state index in [0.29, 0.717) is 11.1 Å². The van der Waals surface area contributed by atoms with Crippen LogP contribution in [0.5, 0.6) is 0 Å². The molecule has 0 saturated heterocycles. The highest BCUT2D eigenvalue weighted by Gasteiger charge is 2.19. The summed E-state index contributed by atoms with van der Waals surface area (Å²) in [6.45, 7) is 1.72. The summed E-state index contributed by atoms with van der Waals surface area (Å²) in [5.74, 6) is -0.0307. The summed E-state index contributed by atoms with van der Waals surface area (Å²) in [7, 11) is -3.19. The quantitative estimate of drug-likeness (QED) is 0.841. The molecule has 1 aromatic carbocycles. The molecule has 1 unspecified atom stereocenters. The Morgan fingerprint density at radius 1 is 1.38 bits per heavy atom. The third kappa shape index (κ3) is 3.05. The predicted molar refractivity (Wildman–Crippen MR) is 62.3 cm³/mol. The van der Waals surface area contributed by atoms with Crippen LogP contribution in [-0.2, 0) is 15.6 Å². The van der Waals surface area contributed by atoms with Gasteiger partial charge in [-0.25, -0.2) is 8.42 Å². The maximum absolute atomic E-state index is 11.7. The zero-order valence-corrected chi connectivity index (χ0v) is 9.87. The van der Waals surface area contributed by atoms with Crippen LogP contribution in [0.4, 0.5) is 0 Å². The van der Waals surface area contributed by atoms with Crippen LogP contribution in [0.3, 0.4) is 0 Å². The first-order valence-electron chi connectivity index (χ1n) is 4.90. The maximum atomic E-state index is 11.7. The lowest BCUT2D eigenvalue weighted by Gasteiger charge is -2.10. The van der Waals surface area contributed by atoms with E-state index in [9.17, 15) is 8.42 Å². The number of nitriles is 1. The van der Waals surface area contributed by atoms with E-state index in [1.54, 1.807) is 31.2 Å². The summed E-state index contributed by atoms with van der Waals surface area (Å²) in [6.07, 6.45) is 0. The molecule has 86 valence electrons. The van der Waals surface area contributed by atoms with Crippen LogP contribution in [0.15, 0.2) is 24.3 Å². The molecule has 1 aromatic rings. The molecular weight excluding hydrogens is 224 g/mol. The van der Waals surface area contributed by atoms with Gasteiger partial charge in [0.2, 0.25) is 0 Å². The summed E-state index contributed by atoms with van der Waals surface area (Å²) in [4.78, 5) is 0. The Balaban J connectivity index is 2.85. The van der Waals surface area contributed by atoms with Crippen LogP contribution >= 0.6 is 0 Å². The average Bonchev–Trinajstić information content (AvgIpc) is 2.28. The van der Waals surface area contributed by atoms with E-state index in [1.807, 2.05) is 6.07 Å². The van der Waals surface area contributed by atoms with Crippen molar-refractivity contribution in [2.24, 2.45) is 5.73 Å². The summed E-state index contributed by atoms with van der Waals surface area (Å²) in [5.41, 5.74) is 6.54. The molecule has 0 aliphatic rings. The number of rotatable bonds is 4. The zero-order valence-electron chi connectivity index (χ0n) is 9.05. The minimum absolute atomic E-state index is 0.0307. The molecule has 0 amide bonds. The van der Waals surface area contributed by atoms with E-state index in [-0.39, 0.29) is 12.3 Å². The second-order valence-corrected chi connectivity index (χ2v) is 6.08. The number of benzene rings is 1. The molecule has 0 saturated carbocycles. The monoisotopic (exact) mass is 238 g/mol. The maximum Gasteiger partial charge on any atom is 0.158 e. The first kappa shape index (κ1) is 12.7. The molecule has 1 atom stereocenters. The Morgan fingerprint density at radius 2 is 1.94 bits per heavy atom. The van der Waals surface area contributed by atoms with Gasteiger partial charge in [0.15, 0.2) is 9.84 Å². The Bertz CT molecular complexity index is 486. The van der Waals surface area contributed by atoms with E-state index in [2.05, 4.69) is 0 Å². The lowest BCUT2D eigenvalue weighted by molar-refractivity contribution is 0.583. The van der Waals surface area contributed by atoms with Gasteiger partial charge >= 0.3 is 0 Å². The molecule has 2 N–H and O–H groups in total. The van der Waals surface area contributed by atoms with E-state index >= 15 is 0 Å². The summed E-state index contributed by atoms with van der Waals surface area (Å²) < 4.78 is 23.5. The first-order chi connectivity index (χ1) is 7.49. The van der Waals surface area contributed by atoms with E-state index < -0.39 is 15.1 Å². The van der Waals surface area contributed by atoms with Crippen molar-refractivity contribution in [2.45, 2.75) is 17.9 Å². The lowest BCUT2D eigenvalue weighted by Crippen LogP contribution is -2.27. The molecule has 0 aliphatic heterocycles. The second kappa shape index (κ2) is 5.10. The van der Waals surface area contributed by atoms with E-state index in [4.69, 9.17) is 11.0 Å². The summed E-state index contributed by atoms with van der Waals surface area (Å²) >= 11 is 0. The van der Waals surface area contributed by atoms with Crippen molar-refractivity contribution < 1.29 is 8.42 Å². The van der Waals surface area contributed by atoms with Crippen molar-refractivity contribution in [3.05, 3.63) is 35.4 Å². The third-order valence-corrected chi connectivity index (χ3v) is 4.55. The van der Waals surface area contributed by atoms with Crippen molar-refractivity contribution >= 4 is 9.84 Å². The molecule has 0 fully saturated rings. The largest absolute Gasteiger partial charge is 0.329 e. The second-order valence-electron chi connectivity index (χ2n) is 3.66. The van der Waals surface area contributed by atoms with Crippen molar-refractivity contribution in [2.75, 3.05) is 6.54 Å². The summed E-state index contributed by atoms with van der Waals surface area (Å²) in [6, 6.07) is 8.50. The van der Waals surface area contributed by atoms with Crippen LogP contribution < -0.4 is 5.73 Å². The van der Waals surface area contributed by atoms with Gasteiger partial charge in [0.1, 0.15) is 0 Å². The molecule has 0 heterocycles. The zero-order chi connectivity index (χ0) is 12.2. The third-order valence-electron chi connectivity index (χ3n) is 2.40. The van der Waals surface area contributed by atoms with Crippen LogP contribution in [0.25, 0.3) is 0 Å². The molecule has 0 radical (unpaired) electrons. The van der Waals surface area contributed by atoms with E-state index in [1.165, 1.54) is 0 Å². The van der Waals surface area contributed by atoms with Crippen LogP contribution in [0.2, 0.25) is 0 Å². The number of hydrogen-bond acceptors (Lipinski definition) is 4. The van der Waals surface area contributed by atoms with Gasteiger partial charge in [-0.1, -0.05) is 12.1 Å². The van der Waals surface area contributed by atoms with Gasteiger partial charge in [-0.2, -0.15) is 5.26 Å². The molecule has 0 aromatic heterocycles. The smallest absolute Gasteiger partial charge is 0.158 e. The van der Waals surface area contributed by atoms with Gasteiger partial charge in [0.05, 0.1) is 22.6 Å². The van der Waals surface area contributed by atoms with Crippen LogP contribution in [0, 0.1) is 11.3 Å². The highest BCUT2D eigenvalue weighted by Crippen LogP contribution is 2.11. The number of nitrogens with two attached hydrogens (primary N) is 1. The normalized spacial score (nSPS) is 13.1. The molecule has 4 nitrogen and oxygen atoms in total. The molecule has 0 aliphatic carbocycles. The molecular formula is C11H14N2O2S. The van der Waals surface area contributed by atoms with E-state index in [0.717, 1.165) is 0 Å². The van der Waals surface area contributed by atoms with Gasteiger partial charge in [-0.15, -0.1) is 0 Å². The minimum atomic E-state index is -3.19. The fourth-order valence-corrected chi connectivity index (χ4v) is 2.43. The number of nitrogens with zero attached hydrogens (tertiary/aromatic N) is 1. The Kier molecular flexibility index (Phi) is 4.05. The van der Waals surface area contributed by atoms with Crippen molar-refractivity contribution in [1.29, 1.82) is 5.26 Å². The SMILES string of the molecule is CC(CN)S(=O)(=O)Cc1ccc(C#N)cc1. The first-order valence-corrected chi connectivity index (χ1v) is 6.62. The van der Waals surface area contributed by atoms with Gasteiger partial charge in [0, 0.05) is 6.54 Å². The lowest BCUT2D eigenvalue weighted by atomic mass is 10.2. The van der Waals surface area contributed by atoms with Crippen molar-refractivity contribution in [3.63, 3.8) is 0 Å². The Morgan fingerprint density at radius 3 is 2.38 bits per heavy atom. The predicted octanol–water partition coefficient (Wildman–Crippen LogP) is 0.820. The highest BCUT2D eigenvalue weighted by molar-refractivity contribution is 7.91. The summed E-state index contributed by atoms with van der Waals surface area (Å²) in [5, 5.41) is 8.06. The Labute approximate surface area is 95.6 Å². The number of sulfone groups is 1. The van der Waals surface area contributed by atoms with Gasteiger partial charge in [-0.3, -0.25) is 0 Å². The van der Waals surface area contributed by atoms with Crippen molar-refractivity contribution in [3.8, 4) is 6.07 Å². The van der Waals surface area contributed by atoms with Crippen molar-refractivity contribution in [1.82, 2.24) is 0 Å². The van der Waals surface area contributed by atoms with Crippen LogP contribution in [-0.4, -0.2) is 20.2 Å². The number of hydrogen-bond donors (Lipinski definition) is 1. The molecule has 5 heteroatoms. The molecule has 1 rings (SSSR count). The van der Waals surface area contributed by atoms with Crippen LogP contribution in [0.1, 0.15) is 18.1 Å². The van der Waals surface area contributed by atoms with Gasteiger partial charge < -0.3 is 5.73 Å². The fourth-order valence-electron chi connectivity index (χ4n) is 1.20. The molecule has 16 heavy (non-hydrogen) atoms. The van der Waals surface area contributed by atoms with Gasteiger partial charge in [-0.05, 0) is 24.6 Å². The Hall–Kier alpha value is -1.38. The molecule has 0 bridgehead atoms. The topological polar surface area (TPSA) is 84.0 Å².